The number of carbonyl (C=O) groups excluding carboxylic acids is 1. The largest absolute Gasteiger partial charge is 0.334 e. The van der Waals surface area contributed by atoms with E-state index in [0.29, 0.717) is 19.0 Å². The Morgan fingerprint density at radius 2 is 1.94 bits per heavy atom. The van der Waals surface area contributed by atoms with Crippen LogP contribution < -0.4 is 0 Å². The first kappa shape index (κ1) is 21.7. The number of aromatic nitrogens is 3. The summed E-state index contributed by atoms with van der Waals surface area (Å²) in [6, 6.07) is 13.9. The van der Waals surface area contributed by atoms with E-state index in [9.17, 15) is 13.2 Å². The first-order valence-electron chi connectivity index (χ1n) is 10.7. The van der Waals surface area contributed by atoms with E-state index in [4.69, 9.17) is 0 Å². The zero-order chi connectivity index (χ0) is 22.1. The summed E-state index contributed by atoms with van der Waals surface area (Å²) in [6.07, 6.45) is 2.68. The summed E-state index contributed by atoms with van der Waals surface area (Å²) < 4.78 is 26.3. The number of hydrogen-bond donors (Lipinski definition) is 0. The van der Waals surface area contributed by atoms with Crippen LogP contribution in [0, 0.1) is 0 Å². The molecule has 1 saturated carbocycles. The number of rotatable bonds is 8. The molecule has 2 fully saturated rings. The van der Waals surface area contributed by atoms with Crippen LogP contribution in [0.3, 0.4) is 0 Å². The van der Waals surface area contributed by atoms with E-state index in [2.05, 4.69) is 14.8 Å². The molecule has 3 aromatic rings. The molecule has 168 valence electrons. The lowest BCUT2D eigenvalue weighted by Crippen LogP contribution is -2.41. The van der Waals surface area contributed by atoms with Crippen molar-refractivity contribution in [3.05, 3.63) is 53.4 Å². The molecule has 0 spiro atoms. The molecule has 1 aliphatic carbocycles. The molecule has 10 heteroatoms. The fourth-order valence-corrected chi connectivity index (χ4v) is 7.37. The van der Waals surface area contributed by atoms with Crippen LogP contribution in [0.5, 0.6) is 0 Å². The van der Waals surface area contributed by atoms with Crippen LogP contribution in [0.25, 0.3) is 10.7 Å². The lowest BCUT2D eigenvalue weighted by Gasteiger charge is -2.28. The maximum Gasteiger partial charge on any atom is 0.233 e. The van der Waals surface area contributed by atoms with Crippen molar-refractivity contribution < 1.29 is 13.2 Å². The molecule has 5 rings (SSSR count). The van der Waals surface area contributed by atoms with E-state index < -0.39 is 9.84 Å². The number of hydrogen-bond acceptors (Lipinski definition) is 7. The van der Waals surface area contributed by atoms with Gasteiger partial charge in [0.05, 0.1) is 22.1 Å². The molecule has 0 N–H and O–H groups in total. The SMILES string of the molecule is O=C(CSc1nnc(-c2cccs2)n1C1CC1)N(Cc1ccccc1)[C@@H]1CCS(=O)(=O)C1. The molecule has 0 bridgehead atoms. The van der Waals surface area contributed by atoms with Crippen LogP contribution >= 0.6 is 23.1 Å². The Morgan fingerprint density at radius 3 is 2.59 bits per heavy atom. The Morgan fingerprint density at radius 1 is 1.12 bits per heavy atom. The van der Waals surface area contributed by atoms with Crippen LogP contribution in [-0.4, -0.2) is 57.3 Å². The van der Waals surface area contributed by atoms with Gasteiger partial charge in [-0.15, -0.1) is 21.5 Å². The fourth-order valence-electron chi connectivity index (χ4n) is 4.04. The minimum Gasteiger partial charge on any atom is -0.334 e. The van der Waals surface area contributed by atoms with Crippen molar-refractivity contribution in [1.29, 1.82) is 0 Å². The van der Waals surface area contributed by atoms with Gasteiger partial charge >= 0.3 is 0 Å². The number of thioether (sulfide) groups is 1. The van der Waals surface area contributed by atoms with Gasteiger partial charge in [0, 0.05) is 18.6 Å². The van der Waals surface area contributed by atoms with Gasteiger partial charge in [-0.3, -0.25) is 9.36 Å². The maximum atomic E-state index is 13.3. The average Bonchev–Trinajstić information content (AvgIpc) is 3.16. The fraction of sp³-hybridized carbons (Fsp3) is 0.409. The lowest BCUT2D eigenvalue weighted by atomic mass is 10.1. The molecule has 1 aliphatic heterocycles. The summed E-state index contributed by atoms with van der Waals surface area (Å²) >= 11 is 3.02. The summed E-state index contributed by atoms with van der Waals surface area (Å²) in [6.45, 7) is 0.413. The molecule has 32 heavy (non-hydrogen) atoms. The predicted molar refractivity (Wildman–Crippen MR) is 126 cm³/mol. The van der Waals surface area contributed by atoms with Crippen molar-refractivity contribution in [1.82, 2.24) is 19.7 Å². The average molecular weight is 489 g/mol. The summed E-state index contributed by atoms with van der Waals surface area (Å²) in [4.78, 5) is 16.1. The summed E-state index contributed by atoms with van der Waals surface area (Å²) in [7, 11) is -3.09. The van der Waals surface area contributed by atoms with Gasteiger partial charge in [0.15, 0.2) is 20.8 Å². The zero-order valence-corrected chi connectivity index (χ0v) is 19.9. The third-order valence-electron chi connectivity index (χ3n) is 5.81. The highest BCUT2D eigenvalue weighted by atomic mass is 32.2. The van der Waals surface area contributed by atoms with Gasteiger partial charge in [0.1, 0.15) is 0 Å². The molecule has 0 unspecified atom stereocenters. The monoisotopic (exact) mass is 488 g/mol. The van der Waals surface area contributed by atoms with Crippen LogP contribution in [0.15, 0.2) is 53.0 Å². The highest BCUT2D eigenvalue weighted by Gasteiger charge is 2.35. The van der Waals surface area contributed by atoms with E-state index in [0.717, 1.165) is 34.3 Å². The third-order valence-corrected chi connectivity index (χ3v) is 9.35. The van der Waals surface area contributed by atoms with Gasteiger partial charge in [-0.1, -0.05) is 48.2 Å². The quantitative estimate of drug-likeness (QED) is 0.450. The number of benzene rings is 1. The molecule has 2 aromatic heterocycles. The van der Waals surface area contributed by atoms with E-state index in [1.54, 1.807) is 16.2 Å². The maximum absolute atomic E-state index is 13.3. The van der Waals surface area contributed by atoms with Gasteiger partial charge in [-0.05, 0) is 36.3 Å². The molecule has 7 nitrogen and oxygen atoms in total. The van der Waals surface area contributed by atoms with Gasteiger partial charge < -0.3 is 4.90 Å². The number of thiophene rings is 1. The lowest BCUT2D eigenvalue weighted by molar-refractivity contribution is -0.130. The molecule has 0 radical (unpaired) electrons. The van der Waals surface area contributed by atoms with E-state index in [1.807, 2.05) is 47.8 Å². The minimum atomic E-state index is -3.09. The standard InChI is InChI=1S/C22H24N4O3S3/c27-20(25(13-16-5-2-1-3-6-16)18-10-12-32(28,29)15-18)14-31-22-24-23-21(19-7-4-11-30-19)26(22)17-8-9-17/h1-7,11,17-18H,8-10,12-15H2/t18-/m1/s1. The second-order valence-electron chi connectivity index (χ2n) is 8.24. The summed E-state index contributed by atoms with van der Waals surface area (Å²) in [5.41, 5.74) is 0.997. The van der Waals surface area contributed by atoms with Gasteiger partial charge in [-0.2, -0.15) is 0 Å². The highest BCUT2D eigenvalue weighted by molar-refractivity contribution is 7.99. The second kappa shape index (κ2) is 8.99. The van der Waals surface area contributed by atoms with Crippen LogP contribution in [0.4, 0.5) is 0 Å². The molecule has 1 atom stereocenters. The van der Waals surface area contributed by atoms with Crippen molar-refractivity contribution >= 4 is 38.8 Å². The van der Waals surface area contributed by atoms with Crippen LogP contribution in [0.1, 0.15) is 30.9 Å². The highest BCUT2D eigenvalue weighted by Crippen LogP contribution is 2.41. The predicted octanol–water partition coefficient (Wildman–Crippen LogP) is 3.65. The first-order valence-corrected chi connectivity index (χ1v) is 14.3. The Kier molecular flexibility index (Phi) is 6.09. The number of sulfone groups is 1. The second-order valence-corrected chi connectivity index (χ2v) is 12.4. The van der Waals surface area contributed by atoms with Crippen LogP contribution in [0.2, 0.25) is 0 Å². The Hall–Kier alpha value is -2.17. The van der Waals surface area contributed by atoms with Gasteiger partial charge in [-0.25, -0.2) is 8.42 Å². The molecule has 1 amide bonds. The number of carbonyl (C=O) groups is 1. The molecular weight excluding hydrogens is 464 g/mol. The van der Waals surface area contributed by atoms with Crippen molar-refractivity contribution in [2.45, 2.75) is 43.0 Å². The third kappa shape index (κ3) is 4.77. The van der Waals surface area contributed by atoms with E-state index >= 15 is 0 Å². The Balaban J connectivity index is 1.34. The number of nitrogens with zero attached hydrogens (tertiary/aromatic N) is 4. The number of amides is 1. The molecule has 1 aromatic carbocycles. The van der Waals surface area contributed by atoms with Gasteiger partial charge in [0.2, 0.25) is 5.91 Å². The normalized spacial score (nSPS) is 19.8. The van der Waals surface area contributed by atoms with Crippen molar-refractivity contribution in [3.8, 4) is 10.7 Å². The molecular formula is C22H24N4O3S3. The zero-order valence-electron chi connectivity index (χ0n) is 17.5. The van der Waals surface area contributed by atoms with Gasteiger partial charge in [0.25, 0.3) is 0 Å². The van der Waals surface area contributed by atoms with Crippen molar-refractivity contribution in [3.63, 3.8) is 0 Å². The Labute approximate surface area is 195 Å². The van der Waals surface area contributed by atoms with Crippen LogP contribution in [-0.2, 0) is 21.2 Å². The molecule has 3 heterocycles. The summed E-state index contributed by atoms with van der Waals surface area (Å²) in [5, 5.41) is 11.6. The smallest absolute Gasteiger partial charge is 0.233 e. The minimum absolute atomic E-state index is 0.0387. The first-order chi connectivity index (χ1) is 15.5. The summed E-state index contributed by atoms with van der Waals surface area (Å²) in [5.74, 6) is 1.18. The van der Waals surface area contributed by atoms with E-state index in [1.165, 1.54) is 11.8 Å². The van der Waals surface area contributed by atoms with Crippen molar-refractivity contribution in [2.75, 3.05) is 17.3 Å². The molecule has 2 aliphatic rings. The van der Waals surface area contributed by atoms with Crippen molar-refractivity contribution in [2.24, 2.45) is 0 Å². The Bertz CT molecular complexity index is 1190. The molecule has 1 saturated heterocycles. The van der Waals surface area contributed by atoms with E-state index in [-0.39, 0.29) is 29.2 Å². The topological polar surface area (TPSA) is 85.2 Å².